The molecule has 0 saturated heterocycles. The van der Waals surface area contributed by atoms with Crippen LogP contribution < -0.4 is 0 Å². The smallest absolute Gasteiger partial charge is 0.0991 e. The normalized spacial score (nSPS) is 10.0. The summed E-state index contributed by atoms with van der Waals surface area (Å²) in [6.45, 7) is 0. The Labute approximate surface area is 111 Å². The van der Waals surface area contributed by atoms with Crippen LogP contribution in [0.5, 0.6) is 0 Å². The van der Waals surface area contributed by atoms with Gasteiger partial charge in [-0.1, -0.05) is 0 Å². The molecule has 0 fully saturated rings. The van der Waals surface area contributed by atoms with E-state index in [0.29, 0.717) is 5.56 Å². The van der Waals surface area contributed by atoms with Gasteiger partial charge in [0.1, 0.15) is 0 Å². The van der Waals surface area contributed by atoms with E-state index in [1.54, 1.807) is 23.1 Å². The third-order valence-corrected chi connectivity index (χ3v) is 4.86. The molecule has 0 atom stereocenters. The molecule has 1 aromatic carbocycles. The Balaban J connectivity index is 1.97. The molecule has 2 rings (SSSR count). The predicted octanol–water partition coefficient (Wildman–Crippen LogP) is 4.67. The Hall–Kier alpha value is -0.760. The maximum atomic E-state index is 8.68. The molecule has 0 bridgehead atoms. The number of thiophene rings is 1. The van der Waals surface area contributed by atoms with Gasteiger partial charge in [-0.15, -0.1) is 23.1 Å². The number of thioether (sulfide) groups is 1. The van der Waals surface area contributed by atoms with Crippen LogP contribution in [0.25, 0.3) is 0 Å². The standard InChI is InChI=1S/C12H8BrNS2/c13-12-6-5-11(16-12)8-15-10-3-1-9(7-14)2-4-10/h1-6H,8H2. The van der Waals surface area contributed by atoms with E-state index in [1.165, 1.54) is 13.6 Å². The highest BCUT2D eigenvalue weighted by Crippen LogP contribution is 2.29. The lowest BCUT2D eigenvalue weighted by molar-refractivity contribution is 1.40. The van der Waals surface area contributed by atoms with Crippen molar-refractivity contribution < 1.29 is 0 Å². The largest absolute Gasteiger partial charge is 0.192 e. The van der Waals surface area contributed by atoms with Gasteiger partial charge in [0.25, 0.3) is 0 Å². The molecular weight excluding hydrogens is 302 g/mol. The first-order chi connectivity index (χ1) is 7.78. The van der Waals surface area contributed by atoms with Crippen molar-refractivity contribution in [2.45, 2.75) is 10.6 Å². The summed E-state index contributed by atoms with van der Waals surface area (Å²) >= 11 is 6.99. The number of nitriles is 1. The topological polar surface area (TPSA) is 23.8 Å². The van der Waals surface area contributed by atoms with Gasteiger partial charge in [-0.2, -0.15) is 5.26 Å². The SMILES string of the molecule is N#Cc1ccc(SCc2ccc(Br)s2)cc1. The number of rotatable bonds is 3. The maximum absolute atomic E-state index is 8.68. The minimum atomic E-state index is 0.711. The van der Waals surface area contributed by atoms with Gasteiger partial charge in [0.2, 0.25) is 0 Å². The van der Waals surface area contributed by atoms with Crippen molar-refractivity contribution in [2.24, 2.45) is 0 Å². The lowest BCUT2D eigenvalue weighted by Crippen LogP contribution is -1.76. The average molecular weight is 310 g/mol. The fraction of sp³-hybridized carbons (Fsp3) is 0.0833. The van der Waals surface area contributed by atoms with Crippen LogP contribution in [0, 0.1) is 11.3 Å². The molecule has 2 aromatic rings. The first-order valence-corrected chi connectivity index (χ1v) is 7.24. The molecule has 0 amide bonds. The van der Waals surface area contributed by atoms with Crippen molar-refractivity contribution in [1.29, 1.82) is 5.26 Å². The maximum Gasteiger partial charge on any atom is 0.0991 e. The summed E-state index contributed by atoms with van der Waals surface area (Å²) in [5.41, 5.74) is 0.711. The third kappa shape index (κ3) is 3.11. The summed E-state index contributed by atoms with van der Waals surface area (Å²) in [5.74, 6) is 0.974. The highest BCUT2D eigenvalue weighted by atomic mass is 79.9. The Morgan fingerprint density at radius 2 is 1.94 bits per heavy atom. The first-order valence-electron chi connectivity index (χ1n) is 4.65. The Bertz CT molecular complexity index is 511. The van der Waals surface area contributed by atoms with Gasteiger partial charge >= 0.3 is 0 Å². The zero-order chi connectivity index (χ0) is 11.4. The Morgan fingerprint density at radius 1 is 1.19 bits per heavy atom. The zero-order valence-electron chi connectivity index (χ0n) is 8.31. The van der Waals surface area contributed by atoms with Crippen molar-refractivity contribution in [3.8, 4) is 6.07 Å². The summed E-state index contributed by atoms with van der Waals surface area (Å²) in [6.07, 6.45) is 0. The van der Waals surface area contributed by atoms with Crippen LogP contribution in [0.3, 0.4) is 0 Å². The molecule has 1 nitrogen and oxygen atoms in total. The Kier molecular flexibility index (Phi) is 4.05. The summed E-state index contributed by atoms with van der Waals surface area (Å²) in [5, 5.41) is 8.68. The molecule has 1 heterocycles. The predicted molar refractivity (Wildman–Crippen MR) is 72.7 cm³/mol. The van der Waals surface area contributed by atoms with Crippen molar-refractivity contribution >= 4 is 39.0 Å². The van der Waals surface area contributed by atoms with Crippen LogP contribution in [0.4, 0.5) is 0 Å². The summed E-state index contributed by atoms with van der Waals surface area (Å²) < 4.78 is 1.17. The molecular formula is C12H8BrNS2. The minimum Gasteiger partial charge on any atom is -0.192 e. The van der Waals surface area contributed by atoms with E-state index in [4.69, 9.17) is 5.26 Å². The molecule has 16 heavy (non-hydrogen) atoms. The van der Waals surface area contributed by atoms with Crippen molar-refractivity contribution in [3.63, 3.8) is 0 Å². The van der Waals surface area contributed by atoms with Gasteiger partial charge in [-0.3, -0.25) is 0 Å². The van der Waals surface area contributed by atoms with E-state index in [2.05, 4.69) is 34.1 Å². The molecule has 0 N–H and O–H groups in total. The van der Waals surface area contributed by atoms with Gasteiger partial charge in [-0.25, -0.2) is 0 Å². The van der Waals surface area contributed by atoms with Gasteiger partial charge in [0, 0.05) is 15.5 Å². The lowest BCUT2D eigenvalue weighted by atomic mass is 10.2. The average Bonchev–Trinajstić information content (AvgIpc) is 2.73. The molecule has 0 aliphatic rings. The number of halogens is 1. The van der Waals surface area contributed by atoms with E-state index < -0.39 is 0 Å². The van der Waals surface area contributed by atoms with Crippen LogP contribution in [0.15, 0.2) is 45.1 Å². The van der Waals surface area contributed by atoms with Crippen LogP contribution in [0.2, 0.25) is 0 Å². The highest BCUT2D eigenvalue weighted by molar-refractivity contribution is 9.11. The molecule has 0 aliphatic carbocycles. The summed E-state index contributed by atoms with van der Waals surface area (Å²) in [7, 11) is 0. The lowest BCUT2D eigenvalue weighted by Gasteiger charge is -1.99. The van der Waals surface area contributed by atoms with E-state index in [-0.39, 0.29) is 0 Å². The Morgan fingerprint density at radius 3 is 2.50 bits per heavy atom. The fourth-order valence-electron chi connectivity index (χ4n) is 1.21. The van der Waals surface area contributed by atoms with Crippen molar-refractivity contribution in [3.05, 3.63) is 50.6 Å². The molecule has 1 aromatic heterocycles. The minimum absolute atomic E-state index is 0.711. The van der Waals surface area contributed by atoms with E-state index >= 15 is 0 Å². The molecule has 80 valence electrons. The van der Waals surface area contributed by atoms with Crippen LogP contribution >= 0.6 is 39.0 Å². The van der Waals surface area contributed by atoms with Crippen molar-refractivity contribution in [1.82, 2.24) is 0 Å². The van der Waals surface area contributed by atoms with Gasteiger partial charge < -0.3 is 0 Å². The second-order valence-corrected chi connectivity index (χ2v) is 6.73. The zero-order valence-corrected chi connectivity index (χ0v) is 11.5. The molecule has 0 aliphatic heterocycles. The van der Waals surface area contributed by atoms with E-state index in [1.807, 2.05) is 24.3 Å². The number of hydrogen-bond donors (Lipinski definition) is 0. The van der Waals surface area contributed by atoms with Gasteiger partial charge in [0.15, 0.2) is 0 Å². The quantitative estimate of drug-likeness (QED) is 0.769. The number of benzene rings is 1. The number of hydrogen-bond acceptors (Lipinski definition) is 3. The van der Waals surface area contributed by atoms with Gasteiger partial charge in [-0.05, 0) is 52.3 Å². The molecule has 0 unspecified atom stereocenters. The van der Waals surface area contributed by atoms with E-state index in [0.717, 1.165) is 5.75 Å². The van der Waals surface area contributed by atoms with Gasteiger partial charge in [0.05, 0.1) is 15.4 Å². The van der Waals surface area contributed by atoms with Crippen molar-refractivity contribution in [2.75, 3.05) is 0 Å². The molecule has 4 heteroatoms. The second-order valence-electron chi connectivity index (χ2n) is 3.13. The molecule has 0 saturated carbocycles. The highest BCUT2D eigenvalue weighted by Gasteiger charge is 1.99. The van der Waals surface area contributed by atoms with Crippen LogP contribution in [-0.4, -0.2) is 0 Å². The fourth-order valence-corrected chi connectivity index (χ4v) is 3.63. The monoisotopic (exact) mass is 309 g/mol. The van der Waals surface area contributed by atoms with E-state index in [9.17, 15) is 0 Å². The van der Waals surface area contributed by atoms with Crippen LogP contribution in [-0.2, 0) is 5.75 Å². The second kappa shape index (κ2) is 5.53. The number of nitrogens with zero attached hydrogens (tertiary/aromatic N) is 1. The first kappa shape index (κ1) is 11.7. The van der Waals surface area contributed by atoms with Crippen LogP contribution in [0.1, 0.15) is 10.4 Å². The summed E-state index contributed by atoms with van der Waals surface area (Å²) in [4.78, 5) is 2.55. The molecule has 0 radical (unpaired) electrons. The third-order valence-electron chi connectivity index (χ3n) is 1.99. The summed E-state index contributed by atoms with van der Waals surface area (Å²) in [6, 6.07) is 14.0. The molecule has 0 spiro atoms.